The van der Waals surface area contributed by atoms with Crippen LogP contribution in [0.5, 0.6) is 0 Å². The molecule has 0 aliphatic carbocycles. The highest BCUT2D eigenvalue weighted by atomic mass is 19.4. The molecule has 0 aromatic heterocycles. The van der Waals surface area contributed by atoms with Gasteiger partial charge in [-0.1, -0.05) is 6.58 Å². The quantitative estimate of drug-likeness (QED) is 0.743. The van der Waals surface area contributed by atoms with Crippen LogP contribution in [0.2, 0.25) is 0 Å². The second kappa shape index (κ2) is 8.61. The number of nitrogens with zero attached hydrogens (tertiary/aromatic N) is 3. The highest BCUT2D eigenvalue weighted by molar-refractivity contribution is 5.88. The molecule has 23 heavy (non-hydrogen) atoms. The number of amidine groups is 1. The first-order valence-corrected chi connectivity index (χ1v) is 6.96. The highest BCUT2D eigenvalue weighted by Crippen LogP contribution is 2.16. The minimum absolute atomic E-state index is 0.00858. The molecular weight excluding hydrogens is 318 g/mol. The molecule has 1 amide bonds. The Balaban J connectivity index is 2.59. The van der Waals surface area contributed by atoms with Crippen LogP contribution in [0, 0.1) is 0 Å². The number of hydrogen-bond donors (Lipinski definition) is 2. The van der Waals surface area contributed by atoms with E-state index in [2.05, 4.69) is 16.7 Å². The van der Waals surface area contributed by atoms with Crippen molar-refractivity contribution in [2.24, 2.45) is 15.8 Å². The first kappa shape index (κ1) is 19.1. The number of hydrazone groups is 1. The summed E-state index contributed by atoms with van der Waals surface area (Å²) in [6.45, 7) is 2.94. The van der Waals surface area contributed by atoms with Gasteiger partial charge in [-0.3, -0.25) is 15.2 Å². The van der Waals surface area contributed by atoms with Crippen LogP contribution in [0.25, 0.3) is 0 Å². The van der Waals surface area contributed by atoms with Gasteiger partial charge in [0.05, 0.1) is 18.9 Å². The van der Waals surface area contributed by atoms with Crippen molar-refractivity contribution in [3.63, 3.8) is 0 Å². The van der Waals surface area contributed by atoms with Crippen LogP contribution in [0.1, 0.15) is 19.3 Å². The second-order valence-electron chi connectivity index (χ2n) is 5.01. The molecule has 1 aliphatic heterocycles. The van der Waals surface area contributed by atoms with E-state index in [-0.39, 0.29) is 44.8 Å². The summed E-state index contributed by atoms with van der Waals surface area (Å²) < 4.78 is 50.2. The zero-order valence-electron chi connectivity index (χ0n) is 12.4. The van der Waals surface area contributed by atoms with Crippen molar-refractivity contribution in [2.75, 3.05) is 19.6 Å². The SMILES string of the molecule is C=C(F)CC[C@@H](N)CC(=O)N1C/C=N/NC(C(F)(F)F)=NCC1. The van der Waals surface area contributed by atoms with Crippen LogP contribution in [-0.2, 0) is 4.79 Å². The van der Waals surface area contributed by atoms with Gasteiger partial charge >= 0.3 is 6.18 Å². The van der Waals surface area contributed by atoms with Crippen LogP contribution in [0.4, 0.5) is 17.6 Å². The van der Waals surface area contributed by atoms with E-state index >= 15 is 0 Å². The van der Waals surface area contributed by atoms with E-state index in [1.165, 1.54) is 4.90 Å². The summed E-state index contributed by atoms with van der Waals surface area (Å²) >= 11 is 0. The Labute approximate surface area is 131 Å². The number of nitrogens with one attached hydrogen (secondary N) is 1. The van der Waals surface area contributed by atoms with Gasteiger partial charge < -0.3 is 10.6 Å². The molecule has 0 saturated heterocycles. The number of nitrogens with two attached hydrogens (primary N) is 1. The standard InChI is InChI=1S/C13H19F4N5O/c1-9(14)2-3-10(18)8-11(23)22-6-4-19-12(13(15,16)17)21-20-5-7-22/h5,10H,1-4,6-8,18H2,(H,19,21)/b20-5+/t10-/m1/s1. The van der Waals surface area contributed by atoms with E-state index in [1.54, 1.807) is 0 Å². The van der Waals surface area contributed by atoms with Gasteiger partial charge in [0.15, 0.2) is 0 Å². The van der Waals surface area contributed by atoms with Crippen molar-refractivity contribution in [1.82, 2.24) is 10.3 Å². The van der Waals surface area contributed by atoms with Crippen LogP contribution in [-0.4, -0.2) is 54.7 Å². The fraction of sp³-hybridized carbons (Fsp3) is 0.615. The number of amides is 1. The average molecular weight is 337 g/mol. The normalized spacial score (nSPS) is 18.8. The van der Waals surface area contributed by atoms with E-state index in [9.17, 15) is 22.4 Å². The Kier molecular flexibility index (Phi) is 7.14. The Hall–Kier alpha value is -1.97. The maximum atomic E-state index is 12.6. The largest absolute Gasteiger partial charge is 0.450 e. The van der Waals surface area contributed by atoms with Crippen molar-refractivity contribution in [3.8, 4) is 0 Å². The summed E-state index contributed by atoms with van der Waals surface area (Å²) in [4.78, 5) is 16.8. The van der Waals surface area contributed by atoms with Gasteiger partial charge in [-0.05, 0) is 6.42 Å². The molecule has 6 nitrogen and oxygen atoms in total. The van der Waals surface area contributed by atoms with E-state index < -0.39 is 23.9 Å². The molecule has 0 spiro atoms. The Bertz CT molecular complexity index is 489. The maximum absolute atomic E-state index is 12.6. The predicted molar refractivity (Wildman–Crippen MR) is 78.6 cm³/mol. The smallest absolute Gasteiger partial charge is 0.335 e. The fourth-order valence-corrected chi connectivity index (χ4v) is 1.83. The van der Waals surface area contributed by atoms with Crippen LogP contribution >= 0.6 is 0 Å². The Morgan fingerprint density at radius 1 is 1.52 bits per heavy atom. The number of alkyl halides is 3. The summed E-state index contributed by atoms with van der Waals surface area (Å²) in [5.74, 6) is -2.07. The molecule has 0 fully saturated rings. The molecule has 3 N–H and O–H groups in total. The zero-order chi connectivity index (χ0) is 17.5. The van der Waals surface area contributed by atoms with Crippen molar-refractivity contribution in [3.05, 3.63) is 12.4 Å². The lowest BCUT2D eigenvalue weighted by molar-refractivity contribution is -0.130. The summed E-state index contributed by atoms with van der Waals surface area (Å²) in [5.41, 5.74) is 7.55. The molecule has 0 unspecified atom stereocenters. The first-order chi connectivity index (χ1) is 10.7. The molecule has 1 aliphatic rings. The monoisotopic (exact) mass is 337 g/mol. The molecule has 1 heterocycles. The summed E-state index contributed by atoms with van der Waals surface area (Å²) in [6, 6.07) is -0.549. The molecular formula is C13H19F4N5O. The molecule has 10 heteroatoms. The minimum atomic E-state index is -4.63. The van der Waals surface area contributed by atoms with Gasteiger partial charge in [0.2, 0.25) is 11.7 Å². The summed E-state index contributed by atoms with van der Waals surface area (Å²) in [7, 11) is 0. The van der Waals surface area contributed by atoms with E-state index in [0.29, 0.717) is 0 Å². The summed E-state index contributed by atoms with van der Waals surface area (Å²) in [6.07, 6.45) is -3.18. The minimum Gasteiger partial charge on any atom is -0.335 e. The third-order valence-electron chi connectivity index (χ3n) is 3.05. The third kappa shape index (κ3) is 7.22. The number of halogens is 4. The van der Waals surface area contributed by atoms with Gasteiger partial charge in [0, 0.05) is 31.6 Å². The van der Waals surface area contributed by atoms with E-state index in [4.69, 9.17) is 5.73 Å². The third-order valence-corrected chi connectivity index (χ3v) is 3.05. The van der Waals surface area contributed by atoms with Gasteiger partial charge in [0.1, 0.15) is 0 Å². The van der Waals surface area contributed by atoms with Crippen LogP contribution in [0.3, 0.4) is 0 Å². The van der Waals surface area contributed by atoms with Crippen LogP contribution in [0.15, 0.2) is 22.5 Å². The lowest BCUT2D eigenvalue weighted by Gasteiger charge is -2.21. The topological polar surface area (TPSA) is 83.1 Å². The highest BCUT2D eigenvalue weighted by Gasteiger charge is 2.36. The maximum Gasteiger partial charge on any atom is 0.450 e. The number of hydrogen-bond acceptors (Lipinski definition) is 5. The van der Waals surface area contributed by atoms with Gasteiger partial charge in [-0.25, -0.2) is 4.39 Å². The number of aliphatic imine (C=N–C) groups is 1. The number of allylic oxidation sites excluding steroid dienone is 1. The molecule has 1 rings (SSSR count). The molecule has 130 valence electrons. The van der Waals surface area contributed by atoms with Crippen molar-refractivity contribution in [1.29, 1.82) is 0 Å². The molecule has 0 bridgehead atoms. The first-order valence-electron chi connectivity index (χ1n) is 6.96. The molecule has 0 aromatic rings. The van der Waals surface area contributed by atoms with Crippen molar-refractivity contribution < 1.29 is 22.4 Å². The van der Waals surface area contributed by atoms with Crippen molar-refractivity contribution in [2.45, 2.75) is 31.5 Å². The zero-order valence-corrected chi connectivity index (χ0v) is 12.4. The molecule has 0 aromatic carbocycles. The number of carbonyl (C=O) groups is 1. The fourth-order valence-electron chi connectivity index (χ4n) is 1.83. The van der Waals surface area contributed by atoms with E-state index in [1.807, 2.05) is 5.43 Å². The predicted octanol–water partition coefficient (Wildman–Crippen LogP) is 1.35. The average Bonchev–Trinajstić information content (AvgIpc) is 2.56. The Morgan fingerprint density at radius 2 is 2.22 bits per heavy atom. The Morgan fingerprint density at radius 3 is 2.83 bits per heavy atom. The molecule has 1 atom stereocenters. The van der Waals surface area contributed by atoms with Crippen molar-refractivity contribution >= 4 is 18.0 Å². The summed E-state index contributed by atoms with van der Waals surface area (Å²) in [5, 5.41) is 3.40. The lowest BCUT2D eigenvalue weighted by atomic mass is 10.1. The number of rotatable bonds is 5. The van der Waals surface area contributed by atoms with E-state index in [0.717, 1.165) is 6.21 Å². The van der Waals surface area contributed by atoms with Gasteiger partial charge in [0.25, 0.3) is 0 Å². The van der Waals surface area contributed by atoms with Gasteiger partial charge in [-0.15, -0.1) is 0 Å². The van der Waals surface area contributed by atoms with Crippen LogP contribution < -0.4 is 11.2 Å². The second-order valence-corrected chi connectivity index (χ2v) is 5.01. The number of carbonyl (C=O) groups excluding carboxylic acids is 1. The molecule has 0 radical (unpaired) electrons. The van der Waals surface area contributed by atoms with Gasteiger partial charge in [-0.2, -0.15) is 18.3 Å². The molecule has 0 saturated carbocycles. The lowest BCUT2D eigenvalue weighted by Crippen LogP contribution is -2.38.